The first kappa shape index (κ1) is 18.3. The minimum absolute atomic E-state index is 0.239. The third-order valence-electron chi connectivity index (χ3n) is 6.85. The van der Waals surface area contributed by atoms with Crippen LogP contribution in [0.5, 0.6) is 0 Å². The highest BCUT2D eigenvalue weighted by Gasteiger charge is 2.37. The Balaban J connectivity index is 1.70. The number of unbranched alkanes of at least 4 members (excludes halogenated alkanes) is 2. The highest BCUT2D eigenvalue weighted by Crippen LogP contribution is 2.45. The second-order valence-electron chi connectivity index (χ2n) is 8.25. The van der Waals surface area contributed by atoms with E-state index >= 15 is 0 Å². The first-order chi connectivity index (χ1) is 10.7. The van der Waals surface area contributed by atoms with Gasteiger partial charge in [0, 0.05) is 7.11 Å². The molecule has 1 heteroatoms. The van der Waals surface area contributed by atoms with Crippen molar-refractivity contribution in [1.29, 1.82) is 0 Å². The zero-order chi connectivity index (χ0) is 15.8. The lowest BCUT2D eigenvalue weighted by Gasteiger charge is -2.43. The standard InChI is InChI=1S/C21H40O/c1-4-6-7-8-18-9-11-19(12-10-18)20-13-16-21(22-3,15-5-2)17-14-20/h18-20H,4-17H2,1-3H3/t18?,19?,20-,21+. The third-order valence-corrected chi connectivity index (χ3v) is 6.85. The molecule has 0 atom stereocenters. The van der Waals surface area contributed by atoms with Crippen molar-refractivity contribution in [2.24, 2.45) is 17.8 Å². The molecular weight excluding hydrogens is 268 g/mol. The average Bonchev–Trinajstić information content (AvgIpc) is 2.57. The normalized spacial score (nSPS) is 36.4. The van der Waals surface area contributed by atoms with Gasteiger partial charge in [-0.2, -0.15) is 0 Å². The predicted octanol–water partition coefficient (Wildman–Crippen LogP) is 6.75. The van der Waals surface area contributed by atoms with Crippen molar-refractivity contribution in [3.63, 3.8) is 0 Å². The van der Waals surface area contributed by atoms with E-state index in [4.69, 9.17) is 4.74 Å². The SMILES string of the molecule is CCCCCC1CCC([C@H]2CC[C@@](CCC)(OC)CC2)CC1. The number of hydrogen-bond donors (Lipinski definition) is 0. The van der Waals surface area contributed by atoms with Gasteiger partial charge in [0.25, 0.3) is 0 Å². The maximum absolute atomic E-state index is 5.93. The summed E-state index contributed by atoms with van der Waals surface area (Å²) in [6, 6.07) is 0. The molecular formula is C21H40O. The molecule has 0 unspecified atom stereocenters. The van der Waals surface area contributed by atoms with Gasteiger partial charge in [0.05, 0.1) is 5.60 Å². The highest BCUT2D eigenvalue weighted by molar-refractivity contribution is 4.90. The van der Waals surface area contributed by atoms with Gasteiger partial charge in [-0.1, -0.05) is 58.8 Å². The molecule has 0 heterocycles. The summed E-state index contributed by atoms with van der Waals surface area (Å²) in [7, 11) is 1.94. The van der Waals surface area contributed by atoms with Crippen LogP contribution in [0.2, 0.25) is 0 Å². The molecule has 130 valence electrons. The van der Waals surface area contributed by atoms with E-state index in [1.165, 1.54) is 89.9 Å². The van der Waals surface area contributed by atoms with Crippen LogP contribution < -0.4 is 0 Å². The van der Waals surface area contributed by atoms with Crippen molar-refractivity contribution in [2.45, 2.75) is 109 Å². The summed E-state index contributed by atoms with van der Waals surface area (Å²) in [5.74, 6) is 3.11. The van der Waals surface area contributed by atoms with Crippen LogP contribution in [0.15, 0.2) is 0 Å². The molecule has 22 heavy (non-hydrogen) atoms. The van der Waals surface area contributed by atoms with E-state index in [2.05, 4.69) is 13.8 Å². The van der Waals surface area contributed by atoms with Crippen molar-refractivity contribution in [2.75, 3.05) is 7.11 Å². The van der Waals surface area contributed by atoms with Gasteiger partial charge in [-0.3, -0.25) is 0 Å². The second-order valence-corrected chi connectivity index (χ2v) is 8.25. The molecule has 2 aliphatic rings. The van der Waals surface area contributed by atoms with E-state index in [0.717, 1.165) is 17.8 Å². The molecule has 2 aliphatic carbocycles. The fourth-order valence-corrected chi connectivity index (χ4v) is 5.28. The molecule has 2 saturated carbocycles. The van der Waals surface area contributed by atoms with Crippen LogP contribution >= 0.6 is 0 Å². The number of methoxy groups -OCH3 is 1. The molecule has 2 rings (SSSR count). The molecule has 0 amide bonds. The number of rotatable bonds is 8. The Labute approximate surface area is 139 Å². The van der Waals surface area contributed by atoms with Gasteiger partial charge in [-0.25, -0.2) is 0 Å². The summed E-state index contributed by atoms with van der Waals surface area (Å²) < 4.78 is 5.93. The van der Waals surface area contributed by atoms with Crippen LogP contribution in [0.1, 0.15) is 104 Å². The monoisotopic (exact) mass is 308 g/mol. The third kappa shape index (κ3) is 4.98. The van der Waals surface area contributed by atoms with Gasteiger partial charge < -0.3 is 4.74 Å². The van der Waals surface area contributed by atoms with Crippen molar-refractivity contribution in [1.82, 2.24) is 0 Å². The van der Waals surface area contributed by atoms with Gasteiger partial charge in [0.1, 0.15) is 0 Å². The Hall–Kier alpha value is -0.0400. The summed E-state index contributed by atoms with van der Waals surface area (Å²) in [5.41, 5.74) is 0.239. The largest absolute Gasteiger partial charge is 0.378 e. The highest BCUT2D eigenvalue weighted by atomic mass is 16.5. The van der Waals surface area contributed by atoms with E-state index in [0.29, 0.717) is 0 Å². The minimum atomic E-state index is 0.239. The number of hydrogen-bond acceptors (Lipinski definition) is 1. The van der Waals surface area contributed by atoms with Crippen molar-refractivity contribution < 1.29 is 4.74 Å². The van der Waals surface area contributed by atoms with Crippen LogP contribution in [0.4, 0.5) is 0 Å². The molecule has 1 nitrogen and oxygen atoms in total. The summed E-state index contributed by atoms with van der Waals surface area (Å²) in [4.78, 5) is 0. The van der Waals surface area contributed by atoms with Crippen LogP contribution in [0, 0.1) is 17.8 Å². The van der Waals surface area contributed by atoms with Crippen LogP contribution in [0.3, 0.4) is 0 Å². The fourth-order valence-electron chi connectivity index (χ4n) is 5.28. The molecule has 0 aliphatic heterocycles. The molecule has 0 bridgehead atoms. The Bertz CT molecular complexity index is 282. The van der Waals surface area contributed by atoms with Crippen LogP contribution in [0.25, 0.3) is 0 Å². The van der Waals surface area contributed by atoms with E-state index in [1.807, 2.05) is 7.11 Å². The van der Waals surface area contributed by atoms with Crippen LogP contribution in [-0.4, -0.2) is 12.7 Å². The fraction of sp³-hybridized carbons (Fsp3) is 1.00. The molecule has 0 spiro atoms. The van der Waals surface area contributed by atoms with Crippen molar-refractivity contribution in [3.8, 4) is 0 Å². The second kappa shape index (κ2) is 9.30. The molecule has 2 fully saturated rings. The van der Waals surface area contributed by atoms with Crippen molar-refractivity contribution >= 4 is 0 Å². The quantitative estimate of drug-likeness (QED) is 0.451. The minimum Gasteiger partial charge on any atom is -0.378 e. The summed E-state index contributed by atoms with van der Waals surface area (Å²) >= 11 is 0. The zero-order valence-electron chi connectivity index (χ0n) is 15.5. The van der Waals surface area contributed by atoms with Gasteiger partial charge in [-0.15, -0.1) is 0 Å². The molecule has 0 aromatic heterocycles. The predicted molar refractivity (Wildman–Crippen MR) is 96.2 cm³/mol. The first-order valence-corrected chi connectivity index (χ1v) is 10.3. The molecule has 0 aromatic rings. The van der Waals surface area contributed by atoms with Gasteiger partial charge in [0.2, 0.25) is 0 Å². The lowest BCUT2D eigenvalue weighted by Crippen LogP contribution is -2.38. The van der Waals surface area contributed by atoms with Crippen LogP contribution in [-0.2, 0) is 4.74 Å². The summed E-state index contributed by atoms with van der Waals surface area (Å²) in [6.45, 7) is 4.62. The average molecular weight is 309 g/mol. The summed E-state index contributed by atoms with van der Waals surface area (Å²) in [5, 5.41) is 0. The molecule has 0 saturated heterocycles. The maximum Gasteiger partial charge on any atom is 0.0678 e. The van der Waals surface area contributed by atoms with E-state index in [-0.39, 0.29) is 5.60 Å². The molecule has 0 N–H and O–H groups in total. The molecule has 0 radical (unpaired) electrons. The van der Waals surface area contributed by atoms with Crippen molar-refractivity contribution in [3.05, 3.63) is 0 Å². The van der Waals surface area contributed by atoms with E-state index in [9.17, 15) is 0 Å². The zero-order valence-corrected chi connectivity index (χ0v) is 15.5. The van der Waals surface area contributed by atoms with Gasteiger partial charge in [0.15, 0.2) is 0 Å². The molecule has 0 aromatic carbocycles. The Morgan fingerprint density at radius 1 is 0.818 bits per heavy atom. The Morgan fingerprint density at radius 3 is 2.00 bits per heavy atom. The maximum atomic E-state index is 5.93. The first-order valence-electron chi connectivity index (χ1n) is 10.3. The topological polar surface area (TPSA) is 9.23 Å². The Morgan fingerprint density at radius 2 is 1.45 bits per heavy atom. The number of ether oxygens (including phenoxy) is 1. The lowest BCUT2D eigenvalue weighted by molar-refractivity contribution is -0.0629. The van der Waals surface area contributed by atoms with Gasteiger partial charge in [-0.05, 0) is 62.7 Å². The Kier molecular flexibility index (Phi) is 7.74. The lowest BCUT2D eigenvalue weighted by atomic mass is 9.67. The van der Waals surface area contributed by atoms with Gasteiger partial charge >= 0.3 is 0 Å². The van der Waals surface area contributed by atoms with E-state index in [1.54, 1.807) is 0 Å². The smallest absolute Gasteiger partial charge is 0.0678 e. The van der Waals surface area contributed by atoms with E-state index < -0.39 is 0 Å². The summed E-state index contributed by atoms with van der Waals surface area (Å²) in [6.07, 6.45) is 19.9.